The van der Waals surface area contributed by atoms with Crippen molar-refractivity contribution in [3.8, 4) is 5.75 Å². The standard InChI is InChI=1S/C41H36IN3O4S/c1-4-6-20-33(5-2)45-40(48)34(24-29-21-22-36(35(42)25-29)49-26-30-15-13-14-28(3)23-30)39(47)44-41(45)50-27-37(46)43-38(31-16-9-7-10-17-31)32-18-11-8-12-19-32/h4-25,38H,1,26-27H2,2-3H3,(H,43,46)/b20-6-,33-5+,34-24+. The van der Waals surface area contributed by atoms with Crippen LogP contribution in [0.15, 0.2) is 150 Å². The third-order valence-corrected chi connectivity index (χ3v) is 9.44. The van der Waals surface area contributed by atoms with Gasteiger partial charge in [0, 0.05) is 5.70 Å². The van der Waals surface area contributed by atoms with Crippen LogP contribution in [-0.2, 0) is 21.0 Å². The molecule has 1 aliphatic heterocycles. The molecule has 4 aromatic rings. The number of amidine groups is 1. The van der Waals surface area contributed by atoms with Crippen LogP contribution >= 0.6 is 34.4 Å². The molecule has 5 rings (SSSR count). The molecule has 50 heavy (non-hydrogen) atoms. The molecule has 0 saturated carbocycles. The number of carbonyl (C=O) groups is 3. The highest BCUT2D eigenvalue weighted by atomic mass is 127. The number of carbonyl (C=O) groups excluding carboxylic acids is 3. The quantitative estimate of drug-likeness (QED) is 0.0673. The van der Waals surface area contributed by atoms with Gasteiger partial charge in [0.05, 0.1) is 15.4 Å². The van der Waals surface area contributed by atoms with E-state index in [9.17, 15) is 14.4 Å². The largest absolute Gasteiger partial charge is 0.488 e. The third kappa shape index (κ3) is 9.36. The number of benzene rings is 4. The van der Waals surface area contributed by atoms with Crippen LogP contribution in [0, 0.1) is 10.5 Å². The van der Waals surface area contributed by atoms with Gasteiger partial charge in [0.25, 0.3) is 11.8 Å². The Morgan fingerprint density at radius 3 is 2.30 bits per heavy atom. The van der Waals surface area contributed by atoms with Crippen LogP contribution in [0.2, 0.25) is 0 Å². The van der Waals surface area contributed by atoms with Gasteiger partial charge in [-0.15, -0.1) is 0 Å². The Labute approximate surface area is 310 Å². The van der Waals surface area contributed by atoms with Crippen molar-refractivity contribution in [2.45, 2.75) is 26.5 Å². The molecule has 3 amide bonds. The highest BCUT2D eigenvalue weighted by molar-refractivity contribution is 14.1. The number of hydrogen-bond donors (Lipinski definition) is 1. The third-order valence-electron chi connectivity index (χ3n) is 7.66. The van der Waals surface area contributed by atoms with Crippen molar-refractivity contribution in [1.29, 1.82) is 0 Å². The fourth-order valence-electron chi connectivity index (χ4n) is 5.25. The van der Waals surface area contributed by atoms with Crippen LogP contribution in [0.5, 0.6) is 5.75 Å². The molecule has 0 fully saturated rings. The maximum atomic E-state index is 14.1. The van der Waals surface area contributed by atoms with E-state index in [1.54, 1.807) is 37.3 Å². The molecular formula is C41H36IN3O4S. The Morgan fingerprint density at radius 1 is 0.980 bits per heavy atom. The summed E-state index contributed by atoms with van der Waals surface area (Å²) in [5.74, 6) is -0.885. The highest BCUT2D eigenvalue weighted by Gasteiger charge is 2.35. The second-order valence-corrected chi connectivity index (χ2v) is 13.4. The first-order valence-electron chi connectivity index (χ1n) is 15.9. The fraction of sp³-hybridized carbons (Fsp3) is 0.122. The summed E-state index contributed by atoms with van der Waals surface area (Å²) in [6.45, 7) is 7.98. The summed E-state index contributed by atoms with van der Waals surface area (Å²) in [6.07, 6.45) is 8.27. The lowest BCUT2D eigenvalue weighted by molar-refractivity contribution is -0.126. The van der Waals surface area contributed by atoms with E-state index in [2.05, 4.69) is 45.5 Å². The average Bonchev–Trinajstić information content (AvgIpc) is 3.13. The summed E-state index contributed by atoms with van der Waals surface area (Å²) in [5.41, 5.74) is 5.12. The maximum Gasteiger partial charge on any atom is 0.285 e. The number of nitrogens with one attached hydrogen (secondary N) is 1. The summed E-state index contributed by atoms with van der Waals surface area (Å²) in [5, 5.41) is 3.22. The Hall–Kier alpha value is -5.00. The number of aliphatic imine (C=N–C) groups is 1. The number of aryl methyl sites for hydroxylation is 1. The predicted molar refractivity (Wildman–Crippen MR) is 210 cm³/mol. The minimum Gasteiger partial charge on any atom is -0.488 e. The van der Waals surface area contributed by atoms with Crippen molar-refractivity contribution >= 4 is 63.3 Å². The topological polar surface area (TPSA) is 88.1 Å². The van der Waals surface area contributed by atoms with Crippen molar-refractivity contribution in [2.24, 2.45) is 4.99 Å². The monoisotopic (exact) mass is 793 g/mol. The van der Waals surface area contributed by atoms with E-state index in [1.807, 2.05) is 97.9 Å². The molecule has 0 bridgehead atoms. The molecule has 9 heteroatoms. The lowest BCUT2D eigenvalue weighted by atomic mass is 9.99. The molecule has 1 aliphatic rings. The molecular weight excluding hydrogens is 757 g/mol. The van der Waals surface area contributed by atoms with Crippen molar-refractivity contribution in [1.82, 2.24) is 10.2 Å². The van der Waals surface area contributed by atoms with Crippen LogP contribution in [0.3, 0.4) is 0 Å². The van der Waals surface area contributed by atoms with Gasteiger partial charge >= 0.3 is 0 Å². The second kappa shape index (κ2) is 17.6. The maximum absolute atomic E-state index is 14.1. The predicted octanol–water partition coefficient (Wildman–Crippen LogP) is 8.57. The molecule has 4 aromatic carbocycles. The summed E-state index contributed by atoms with van der Waals surface area (Å²) in [6, 6.07) is 32.6. The van der Waals surface area contributed by atoms with Gasteiger partial charge in [-0.05, 0) is 83.0 Å². The Bertz CT molecular complexity index is 1970. The summed E-state index contributed by atoms with van der Waals surface area (Å²) < 4.78 is 6.88. The fourth-order valence-corrected chi connectivity index (χ4v) is 6.75. The number of amides is 3. The molecule has 7 nitrogen and oxygen atoms in total. The first-order valence-corrected chi connectivity index (χ1v) is 18.0. The lowest BCUT2D eigenvalue weighted by Gasteiger charge is -2.28. The molecule has 0 radical (unpaired) electrons. The normalized spacial score (nSPS) is 14.3. The van der Waals surface area contributed by atoms with Crippen LogP contribution < -0.4 is 10.1 Å². The number of hydrogen-bond acceptors (Lipinski definition) is 5. The number of allylic oxidation sites excluding steroid dienone is 4. The molecule has 0 aromatic heterocycles. The zero-order valence-electron chi connectivity index (χ0n) is 27.7. The SMILES string of the molecule is C=C/C=C\C(=C/C)N1C(=O)/C(=C/c2ccc(OCc3cccc(C)c3)c(I)c2)C(=O)N=C1SCC(=O)NC(c1ccccc1)c1ccccc1. The Kier molecular flexibility index (Phi) is 12.8. The zero-order valence-corrected chi connectivity index (χ0v) is 30.7. The average molecular weight is 794 g/mol. The van der Waals surface area contributed by atoms with Gasteiger partial charge in [0.15, 0.2) is 5.17 Å². The number of thioether (sulfide) groups is 1. The number of nitrogens with zero attached hydrogens (tertiary/aromatic N) is 2. The number of ether oxygens (including phenoxy) is 1. The van der Waals surface area contributed by atoms with Gasteiger partial charge < -0.3 is 10.1 Å². The van der Waals surface area contributed by atoms with E-state index < -0.39 is 11.8 Å². The minimum absolute atomic E-state index is 0.0739. The van der Waals surface area contributed by atoms with E-state index in [1.165, 1.54) is 11.0 Å². The molecule has 252 valence electrons. The lowest BCUT2D eigenvalue weighted by Crippen LogP contribution is -2.42. The molecule has 0 saturated heterocycles. The van der Waals surface area contributed by atoms with E-state index in [4.69, 9.17) is 4.74 Å². The summed E-state index contributed by atoms with van der Waals surface area (Å²) in [7, 11) is 0. The van der Waals surface area contributed by atoms with Gasteiger partial charge in [-0.3, -0.25) is 19.3 Å². The first kappa shape index (κ1) is 36.3. The zero-order chi connectivity index (χ0) is 35.5. The van der Waals surface area contributed by atoms with Crippen LogP contribution in [0.4, 0.5) is 0 Å². The van der Waals surface area contributed by atoms with Crippen molar-refractivity contribution in [3.63, 3.8) is 0 Å². The Morgan fingerprint density at radius 2 is 1.68 bits per heavy atom. The Balaban J connectivity index is 1.37. The number of rotatable bonds is 12. The van der Waals surface area contributed by atoms with E-state index in [0.29, 0.717) is 23.6 Å². The number of halogens is 1. The van der Waals surface area contributed by atoms with Gasteiger partial charge in [-0.25, -0.2) is 0 Å². The first-order chi connectivity index (χ1) is 24.3. The van der Waals surface area contributed by atoms with E-state index in [-0.39, 0.29) is 28.4 Å². The van der Waals surface area contributed by atoms with Crippen molar-refractivity contribution < 1.29 is 19.1 Å². The van der Waals surface area contributed by atoms with Crippen LogP contribution in [0.25, 0.3) is 6.08 Å². The van der Waals surface area contributed by atoms with Gasteiger partial charge in [-0.1, -0.05) is 133 Å². The molecule has 0 unspecified atom stereocenters. The minimum atomic E-state index is -0.682. The van der Waals surface area contributed by atoms with Crippen molar-refractivity contribution in [2.75, 3.05) is 5.75 Å². The van der Waals surface area contributed by atoms with Gasteiger partial charge in [0.1, 0.15) is 17.9 Å². The molecule has 1 heterocycles. The molecule has 0 spiro atoms. The van der Waals surface area contributed by atoms with Crippen molar-refractivity contribution in [3.05, 3.63) is 177 Å². The van der Waals surface area contributed by atoms with Gasteiger partial charge in [-0.2, -0.15) is 4.99 Å². The van der Waals surface area contributed by atoms with Gasteiger partial charge in [0.2, 0.25) is 5.91 Å². The molecule has 1 N–H and O–H groups in total. The smallest absolute Gasteiger partial charge is 0.285 e. The summed E-state index contributed by atoms with van der Waals surface area (Å²) >= 11 is 3.21. The highest BCUT2D eigenvalue weighted by Crippen LogP contribution is 2.29. The van der Waals surface area contributed by atoms with Crippen LogP contribution in [-0.4, -0.2) is 33.5 Å². The molecule has 0 aliphatic carbocycles. The summed E-state index contributed by atoms with van der Waals surface area (Å²) in [4.78, 5) is 46.6. The molecule has 0 atom stereocenters. The van der Waals surface area contributed by atoms with E-state index in [0.717, 1.165) is 37.6 Å². The van der Waals surface area contributed by atoms with E-state index >= 15 is 0 Å². The second-order valence-electron chi connectivity index (χ2n) is 11.3. The van der Waals surface area contributed by atoms with Crippen LogP contribution in [0.1, 0.15) is 40.8 Å².